The molecule has 5 nitrogen and oxygen atoms in total. The number of anilines is 1. The van der Waals surface area contributed by atoms with Crippen molar-refractivity contribution in [2.24, 2.45) is 0 Å². The van der Waals surface area contributed by atoms with E-state index in [9.17, 15) is 9.59 Å². The predicted molar refractivity (Wildman–Crippen MR) is 93.0 cm³/mol. The SMILES string of the molecule is CC(C)OC(=O)CC1C(=O)N(C2CCN(C)CC2)c2ccccc21. The molecule has 0 N–H and O–H groups in total. The molecule has 0 saturated carbocycles. The summed E-state index contributed by atoms with van der Waals surface area (Å²) in [5, 5.41) is 0. The molecule has 1 aromatic carbocycles. The summed E-state index contributed by atoms with van der Waals surface area (Å²) in [6.07, 6.45) is 1.91. The van der Waals surface area contributed by atoms with Gasteiger partial charge in [-0.05, 0) is 58.5 Å². The topological polar surface area (TPSA) is 49.9 Å². The number of carbonyl (C=O) groups is 2. The highest BCUT2D eigenvalue weighted by Crippen LogP contribution is 2.41. The fourth-order valence-corrected chi connectivity index (χ4v) is 3.73. The smallest absolute Gasteiger partial charge is 0.307 e. The highest BCUT2D eigenvalue weighted by Gasteiger charge is 2.42. The van der Waals surface area contributed by atoms with Crippen molar-refractivity contribution < 1.29 is 14.3 Å². The van der Waals surface area contributed by atoms with Crippen LogP contribution in [-0.2, 0) is 14.3 Å². The van der Waals surface area contributed by atoms with Gasteiger partial charge in [-0.25, -0.2) is 0 Å². The van der Waals surface area contributed by atoms with Crippen molar-refractivity contribution in [2.75, 3.05) is 25.0 Å². The van der Waals surface area contributed by atoms with Crippen LogP contribution in [0.2, 0.25) is 0 Å². The second kappa shape index (κ2) is 6.93. The minimum Gasteiger partial charge on any atom is -0.463 e. The molecule has 1 atom stereocenters. The number of hydrogen-bond donors (Lipinski definition) is 0. The third-order valence-electron chi connectivity index (χ3n) is 4.90. The average Bonchev–Trinajstić information content (AvgIpc) is 2.80. The molecular weight excluding hydrogens is 304 g/mol. The Kier molecular flexibility index (Phi) is 4.90. The van der Waals surface area contributed by atoms with E-state index in [0.29, 0.717) is 0 Å². The van der Waals surface area contributed by atoms with Crippen molar-refractivity contribution in [2.45, 2.75) is 51.2 Å². The van der Waals surface area contributed by atoms with Crippen LogP contribution in [-0.4, -0.2) is 49.1 Å². The number of rotatable bonds is 4. The maximum Gasteiger partial charge on any atom is 0.307 e. The minimum atomic E-state index is -0.410. The van der Waals surface area contributed by atoms with Gasteiger partial charge in [0.05, 0.1) is 18.4 Å². The van der Waals surface area contributed by atoms with Gasteiger partial charge in [-0.1, -0.05) is 18.2 Å². The molecule has 1 amide bonds. The van der Waals surface area contributed by atoms with Crippen LogP contribution in [0, 0.1) is 0 Å². The van der Waals surface area contributed by atoms with E-state index >= 15 is 0 Å². The number of esters is 1. The van der Waals surface area contributed by atoms with Gasteiger partial charge in [-0.15, -0.1) is 0 Å². The monoisotopic (exact) mass is 330 g/mol. The number of nitrogens with zero attached hydrogens (tertiary/aromatic N) is 2. The van der Waals surface area contributed by atoms with E-state index in [-0.39, 0.29) is 30.4 Å². The molecular formula is C19H26N2O3. The molecule has 0 aromatic heterocycles. The summed E-state index contributed by atoms with van der Waals surface area (Å²) in [5.41, 5.74) is 1.93. The molecule has 130 valence electrons. The van der Waals surface area contributed by atoms with Crippen molar-refractivity contribution in [3.05, 3.63) is 29.8 Å². The molecule has 24 heavy (non-hydrogen) atoms. The number of ether oxygens (including phenoxy) is 1. The van der Waals surface area contributed by atoms with Crippen LogP contribution in [0.1, 0.15) is 44.6 Å². The Hall–Kier alpha value is -1.88. The van der Waals surface area contributed by atoms with Gasteiger partial charge in [0.2, 0.25) is 5.91 Å². The molecule has 1 unspecified atom stereocenters. The third kappa shape index (κ3) is 3.31. The Labute approximate surface area is 143 Å². The highest BCUT2D eigenvalue weighted by atomic mass is 16.5. The Morgan fingerprint density at radius 2 is 1.92 bits per heavy atom. The molecule has 1 aromatic rings. The van der Waals surface area contributed by atoms with Crippen LogP contribution in [0.15, 0.2) is 24.3 Å². The lowest BCUT2D eigenvalue weighted by Gasteiger charge is -2.35. The van der Waals surface area contributed by atoms with E-state index in [4.69, 9.17) is 4.74 Å². The Balaban J connectivity index is 1.82. The number of para-hydroxylation sites is 1. The summed E-state index contributed by atoms with van der Waals surface area (Å²) < 4.78 is 5.25. The average molecular weight is 330 g/mol. The van der Waals surface area contributed by atoms with Gasteiger partial charge < -0.3 is 14.5 Å². The first-order valence-electron chi connectivity index (χ1n) is 8.77. The summed E-state index contributed by atoms with van der Waals surface area (Å²) in [6, 6.07) is 8.09. The summed E-state index contributed by atoms with van der Waals surface area (Å²) in [7, 11) is 2.11. The molecule has 5 heteroatoms. The van der Waals surface area contributed by atoms with Crippen LogP contribution in [0.3, 0.4) is 0 Å². The van der Waals surface area contributed by atoms with Crippen molar-refractivity contribution in [1.29, 1.82) is 0 Å². The van der Waals surface area contributed by atoms with E-state index in [0.717, 1.165) is 37.2 Å². The lowest BCUT2D eigenvalue weighted by atomic mass is 9.97. The van der Waals surface area contributed by atoms with Gasteiger partial charge in [0.25, 0.3) is 0 Å². The number of carbonyl (C=O) groups excluding carboxylic acids is 2. The summed E-state index contributed by atoms with van der Waals surface area (Å²) in [5.74, 6) is -0.665. The molecule has 0 bridgehead atoms. The van der Waals surface area contributed by atoms with Gasteiger partial charge in [0.1, 0.15) is 0 Å². The van der Waals surface area contributed by atoms with E-state index < -0.39 is 5.92 Å². The fraction of sp³-hybridized carbons (Fsp3) is 0.579. The highest BCUT2D eigenvalue weighted by molar-refractivity contribution is 6.06. The zero-order valence-electron chi connectivity index (χ0n) is 14.7. The molecule has 1 saturated heterocycles. The van der Waals surface area contributed by atoms with Crippen LogP contribution in [0.5, 0.6) is 0 Å². The minimum absolute atomic E-state index is 0.0476. The number of benzene rings is 1. The number of amides is 1. The maximum absolute atomic E-state index is 13.1. The molecule has 0 spiro atoms. The maximum atomic E-state index is 13.1. The standard InChI is InChI=1S/C19H26N2O3/c1-13(2)24-18(22)12-16-15-6-4-5-7-17(15)21(19(16)23)14-8-10-20(3)11-9-14/h4-7,13-14,16H,8-12H2,1-3H3. The fourth-order valence-electron chi connectivity index (χ4n) is 3.73. The van der Waals surface area contributed by atoms with E-state index in [1.54, 1.807) is 0 Å². The van der Waals surface area contributed by atoms with Gasteiger partial charge in [-0.2, -0.15) is 0 Å². The quantitative estimate of drug-likeness (QED) is 0.796. The predicted octanol–water partition coefficient (Wildman–Crippen LogP) is 2.55. The third-order valence-corrected chi connectivity index (χ3v) is 4.90. The van der Waals surface area contributed by atoms with Crippen molar-refractivity contribution in [3.63, 3.8) is 0 Å². The first kappa shape index (κ1) is 17.0. The number of likely N-dealkylation sites (tertiary alicyclic amines) is 1. The van der Waals surface area contributed by atoms with Crippen LogP contribution in [0.4, 0.5) is 5.69 Å². The lowest BCUT2D eigenvalue weighted by molar-refractivity contribution is -0.148. The van der Waals surface area contributed by atoms with E-state index in [2.05, 4.69) is 11.9 Å². The number of piperidine rings is 1. The molecule has 1 fully saturated rings. The zero-order chi connectivity index (χ0) is 17.3. The molecule has 2 aliphatic rings. The number of fused-ring (bicyclic) bond motifs is 1. The van der Waals surface area contributed by atoms with E-state index in [1.165, 1.54) is 0 Å². The Bertz CT molecular complexity index is 621. The van der Waals surface area contributed by atoms with Crippen LogP contribution in [0.25, 0.3) is 0 Å². The van der Waals surface area contributed by atoms with Gasteiger partial charge in [-0.3, -0.25) is 9.59 Å². The molecule has 0 aliphatic carbocycles. The molecule has 0 radical (unpaired) electrons. The van der Waals surface area contributed by atoms with Crippen molar-refractivity contribution >= 4 is 17.6 Å². The second-order valence-electron chi connectivity index (χ2n) is 7.10. The first-order chi connectivity index (χ1) is 11.5. The largest absolute Gasteiger partial charge is 0.463 e. The summed E-state index contributed by atoms with van der Waals surface area (Å²) >= 11 is 0. The molecule has 2 heterocycles. The second-order valence-corrected chi connectivity index (χ2v) is 7.10. The number of hydrogen-bond acceptors (Lipinski definition) is 4. The van der Waals surface area contributed by atoms with Gasteiger partial charge >= 0.3 is 5.97 Å². The van der Waals surface area contributed by atoms with Crippen LogP contribution < -0.4 is 4.90 Å². The van der Waals surface area contributed by atoms with Crippen LogP contribution >= 0.6 is 0 Å². The summed E-state index contributed by atoms with van der Waals surface area (Å²) in [6.45, 7) is 5.65. The van der Waals surface area contributed by atoms with Gasteiger partial charge in [0.15, 0.2) is 0 Å². The Morgan fingerprint density at radius 1 is 1.25 bits per heavy atom. The van der Waals surface area contributed by atoms with Crippen molar-refractivity contribution in [3.8, 4) is 0 Å². The summed E-state index contributed by atoms with van der Waals surface area (Å²) in [4.78, 5) is 29.4. The molecule has 2 aliphatic heterocycles. The Morgan fingerprint density at radius 3 is 2.58 bits per heavy atom. The van der Waals surface area contributed by atoms with Crippen molar-refractivity contribution in [1.82, 2.24) is 4.90 Å². The molecule has 3 rings (SSSR count). The normalized spacial score (nSPS) is 22.1. The van der Waals surface area contributed by atoms with E-state index in [1.807, 2.05) is 43.0 Å². The zero-order valence-corrected chi connectivity index (χ0v) is 14.7. The first-order valence-corrected chi connectivity index (χ1v) is 8.77. The van der Waals surface area contributed by atoms with Gasteiger partial charge in [0, 0.05) is 11.7 Å². The lowest BCUT2D eigenvalue weighted by Crippen LogP contribution is -2.46.